The quantitative estimate of drug-likeness (QED) is 0.763. The van der Waals surface area contributed by atoms with Crippen molar-refractivity contribution in [2.24, 2.45) is 0 Å². The van der Waals surface area contributed by atoms with Gasteiger partial charge < -0.3 is 16.0 Å². The molecular weight excluding hydrogens is 304 g/mol. The molecule has 0 spiro atoms. The Morgan fingerprint density at radius 2 is 1.75 bits per heavy atom. The molecule has 3 N–H and O–H groups in total. The molecule has 0 aliphatic carbocycles. The van der Waals surface area contributed by atoms with Crippen LogP contribution in [0.1, 0.15) is 37.4 Å². The van der Waals surface area contributed by atoms with E-state index in [9.17, 15) is 9.59 Å². The number of nitrogens with zero attached hydrogens (tertiary/aromatic N) is 1. The van der Waals surface area contributed by atoms with E-state index >= 15 is 0 Å². The zero-order valence-corrected chi connectivity index (χ0v) is 13.9. The van der Waals surface area contributed by atoms with Crippen LogP contribution in [-0.2, 0) is 11.3 Å². The zero-order chi connectivity index (χ0) is 17.4. The fourth-order valence-corrected chi connectivity index (χ4v) is 2.12. The minimum atomic E-state index is -0.234. The molecule has 1 atom stereocenters. The van der Waals surface area contributed by atoms with Gasteiger partial charge in [-0.25, -0.2) is 4.79 Å². The highest BCUT2D eigenvalue weighted by molar-refractivity contribution is 5.90. The first-order valence-electron chi connectivity index (χ1n) is 7.91. The Balaban J connectivity index is 1.83. The summed E-state index contributed by atoms with van der Waals surface area (Å²) in [6.07, 6.45) is 3.82. The van der Waals surface area contributed by atoms with Gasteiger partial charge in [0.05, 0.1) is 6.04 Å². The number of anilines is 1. The SMILES string of the molecule is CCC(=O)Nc1ccc(C(C)NC(=O)NCc2ccncc2)cc1. The van der Waals surface area contributed by atoms with Crippen LogP contribution in [-0.4, -0.2) is 16.9 Å². The molecule has 0 aliphatic heterocycles. The van der Waals surface area contributed by atoms with Crippen LogP contribution < -0.4 is 16.0 Å². The average molecular weight is 326 g/mol. The number of carbonyl (C=O) groups is 2. The number of hydrogen-bond donors (Lipinski definition) is 3. The topological polar surface area (TPSA) is 83.1 Å². The molecule has 1 unspecified atom stereocenters. The fourth-order valence-electron chi connectivity index (χ4n) is 2.12. The van der Waals surface area contributed by atoms with Crippen molar-refractivity contribution < 1.29 is 9.59 Å². The molecular formula is C18H22N4O2. The maximum atomic E-state index is 12.0. The van der Waals surface area contributed by atoms with Crippen molar-refractivity contribution in [1.29, 1.82) is 0 Å². The highest BCUT2D eigenvalue weighted by atomic mass is 16.2. The fraction of sp³-hybridized carbons (Fsp3) is 0.278. The zero-order valence-electron chi connectivity index (χ0n) is 13.9. The number of amides is 3. The summed E-state index contributed by atoms with van der Waals surface area (Å²) in [7, 11) is 0. The number of hydrogen-bond acceptors (Lipinski definition) is 3. The van der Waals surface area contributed by atoms with Gasteiger partial charge >= 0.3 is 6.03 Å². The van der Waals surface area contributed by atoms with Gasteiger partial charge in [-0.2, -0.15) is 0 Å². The largest absolute Gasteiger partial charge is 0.334 e. The number of nitrogens with one attached hydrogen (secondary N) is 3. The molecule has 3 amide bonds. The minimum Gasteiger partial charge on any atom is -0.334 e. The number of aromatic nitrogens is 1. The summed E-state index contributed by atoms with van der Waals surface area (Å²) in [4.78, 5) is 27.2. The van der Waals surface area contributed by atoms with Gasteiger partial charge in [0.25, 0.3) is 0 Å². The third-order valence-corrected chi connectivity index (χ3v) is 3.57. The Morgan fingerprint density at radius 3 is 2.38 bits per heavy atom. The van der Waals surface area contributed by atoms with E-state index in [2.05, 4.69) is 20.9 Å². The maximum absolute atomic E-state index is 12.0. The maximum Gasteiger partial charge on any atom is 0.315 e. The van der Waals surface area contributed by atoms with E-state index in [0.717, 1.165) is 16.8 Å². The molecule has 6 heteroatoms. The van der Waals surface area contributed by atoms with Crippen molar-refractivity contribution in [3.8, 4) is 0 Å². The molecule has 0 radical (unpaired) electrons. The first-order valence-corrected chi connectivity index (χ1v) is 7.91. The van der Waals surface area contributed by atoms with Gasteiger partial charge in [0.2, 0.25) is 5.91 Å². The lowest BCUT2D eigenvalue weighted by atomic mass is 10.1. The number of urea groups is 1. The first kappa shape index (κ1) is 17.5. The van der Waals surface area contributed by atoms with Crippen molar-refractivity contribution in [2.75, 3.05) is 5.32 Å². The van der Waals surface area contributed by atoms with Gasteiger partial charge in [0.15, 0.2) is 0 Å². The number of benzene rings is 1. The van der Waals surface area contributed by atoms with Crippen molar-refractivity contribution in [2.45, 2.75) is 32.9 Å². The van der Waals surface area contributed by atoms with Gasteiger partial charge in [-0.1, -0.05) is 19.1 Å². The summed E-state index contributed by atoms with van der Waals surface area (Å²) < 4.78 is 0. The van der Waals surface area contributed by atoms with E-state index in [4.69, 9.17) is 0 Å². The van der Waals surface area contributed by atoms with Crippen LogP contribution in [0.25, 0.3) is 0 Å². The Morgan fingerprint density at radius 1 is 1.08 bits per heavy atom. The van der Waals surface area contributed by atoms with Crippen LogP contribution in [0.5, 0.6) is 0 Å². The normalized spacial score (nSPS) is 11.4. The summed E-state index contributed by atoms with van der Waals surface area (Å²) in [5.74, 6) is -0.0237. The van der Waals surface area contributed by atoms with Gasteiger partial charge in [0, 0.05) is 31.0 Å². The van der Waals surface area contributed by atoms with E-state index in [1.807, 2.05) is 43.3 Å². The van der Waals surface area contributed by atoms with Crippen LogP contribution in [0.15, 0.2) is 48.8 Å². The molecule has 1 heterocycles. The molecule has 2 rings (SSSR count). The van der Waals surface area contributed by atoms with Crippen LogP contribution in [0.4, 0.5) is 10.5 Å². The van der Waals surface area contributed by atoms with E-state index in [1.54, 1.807) is 19.3 Å². The lowest BCUT2D eigenvalue weighted by molar-refractivity contribution is -0.115. The average Bonchev–Trinajstić information content (AvgIpc) is 2.61. The highest BCUT2D eigenvalue weighted by Gasteiger charge is 2.09. The van der Waals surface area contributed by atoms with Crippen molar-refractivity contribution in [3.63, 3.8) is 0 Å². The third kappa shape index (κ3) is 5.39. The van der Waals surface area contributed by atoms with Crippen molar-refractivity contribution in [1.82, 2.24) is 15.6 Å². The molecule has 24 heavy (non-hydrogen) atoms. The molecule has 0 saturated carbocycles. The second kappa shape index (κ2) is 8.67. The van der Waals surface area contributed by atoms with E-state index in [1.165, 1.54) is 0 Å². The number of pyridine rings is 1. The highest BCUT2D eigenvalue weighted by Crippen LogP contribution is 2.16. The monoisotopic (exact) mass is 326 g/mol. The molecule has 126 valence electrons. The molecule has 0 bridgehead atoms. The van der Waals surface area contributed by atoms with E-state index in [0.29, 0.717) is 13.0 Å². The standard InChI is InChI=1S/C18H22N4O2/c1-3-17(23)22-16-6-4-15(5-7-16)13(2)21-18(24)20-12-14-8-10-19-11-9-14/h4-11,13H,3,12H2,1-2H3,(H,22,23)(H2,20,21,24). The second-order valence-corrected chi connectivity index (χ2v) is 5.43. The molecule has 0 saturated heterocycles. The molecule has 1 aromatic carbocycles. The Labute approximate surface area is 141 Å². The summed E-state index contributed by atoms with van der Waals surface area (Å²) in [5, 5.41) is 8.49. The predicted octanol–water partition coefficient (Wildman–Crippen LogP) is 2.99. The van der Waals surface area contributed by atoms with Crippen LogP contribution >= 0.6 is 0 Å². The summed E-state index contributed by atoms with van der Waals surface area (Å²) in [6.45, 7) is 4.16. The molecule has 1 aromatic heterocycles. The minimum absolute atomic E-state index is 0.0237. The third-order valence-electron chi connectivity index (χ3n) is 3.57. The Hall–Kier alpha value is -2.89. The van der Waals surface area contributed by atoms with Crippen molar-refractivity contribution in [3.05, 3.63) is 59.9 Å². The summed E-state index contributed by atoms with van der Waals surface area (Å²) >= 11 is 0. The Bertz CT molecular complexity index is 671. The van der Waals surface area contributed by atoms with Gasteiger partial charge in [-0.05, 0) is 42.3 Å². The second-order valence-electron chi connectivity index (χ2n) is 5.43. The van der Waals surface area contributed by atoms with Crippen molar-refractivity contribution >= 4 is 17.6 Å². The van der Waals surface area contributed by atoms with E-state index in [-0.39, 0.29) is 18.0 Å². The molecule has 6 nitrogen and oxygen atoms in total. The smallest absolute Gasteiger partial charge is 0.315 e. The number of carbonyl (C=O) groups excluding carboxylic acids is 2. The lowest BCUT2D eigenvalue weighted by Crippen LogP contribution is -2.36. The Kier molecular flexibility index (Phi) is 6.31. The predicted molar refractivity (Wildman–Crippen MR) is 93.4 cm³/mol. The van der Waals surface area contributed by atoms with E-state index < -0.39 is 0 Å². The molecule has 0 aliphatic rings. The van der Waals surface area contributed by atoms with Gasteiger partial charge in [-0.15, -0.1) is 0 Å². The van der Waals surface area contributed by atoms with Gasteiger partial charge in [0.1, 0.15) is 0 Å². The first-order chi connectivity index (χ1) is 11.6. The van der Waals surface area contributed by atoms with Crippen LogP contribution in [0.3, 0.4) is 0 Å². The summed E-state index contributed by atoms with van der Waals surface area (Å²) in [6, 6.07) is 10.8. The molecule has 2 aromatic rings. The number of rotatable bonds is 6. The summed E-state index contributed by atoms with van der Waals surface area (Å²) in [5.41, 5.74) is 2.70. The van der Waals surface area contributed by atoms with Gasteiger partial charge in [-0.3, -0.25) is 9.78 Å². The van der Waals surface area contributed by atoms with Crippen LogP contribution in [0.2, 0.25) is 0 Å². The van der Waals surface area contributed by atoms with Crippen LogP contribution in [0, 0.1) is 0 Å². The lowest BCUT2D eigenvalue weighted by Gasteiger charge is -2.15. The molecule has 0 fully saturated rings.